The molecule has 0 heterocycles. The maximum atomic E-state index is 12.7. The van der Waals surface area contributed by atoms with Crippen LogP contribution in [-0.4, -0.2) is 37.2 Å². The molecule has 320 valence electrons. The molecule has 0 spiro atoms. The maximum Gasteiger partial charge on any atom is 0.306 e. The van der Waals surface area contributed by atoms with E-state index in [0.717, 1.165) is 63.7 Å². The second-order valence-electron chi connectivity index (χ2n) is 16.9. The van der Waals surface area contributed by atoms with Crippen molar-refractivity contribution in [2.24, 2.45) is 5.92 Å². The van der Waals surface area contributed by atoms with E-state index in [-0.39, 0.29) is 31.1 Å². The zero-order valence-corrected chi connectivity index (χ0v) is 36.7. The Morgan fingerprint density at radius 3 is 0.907 bits per heavy atom. The molecule has 6 nitrogen and oxygen atoms in total. The lowest BCUT2D eigenvalue weighted by Gasteiger charge is -2.18. The van der Waals surface area contributed by atoms with Gasteiger partial charge in [0, 0.05) is 19.3 Å². The number of unbranched alkanes of at least 4 members (excludes halogenated alkanes) is 30. The number of ether oxygens (including phenoxy) is 3. The van der Waals surface area contributed by atoms with Crippen molar-refractivity contribution in [3.8, 4) is 0 Å². The maximum absolute atomic E-state index is 12.7. The van der Waals surface area contributed by atoms with E-state index in [0.29, 0.717) is 19.3 Å². The van der Waals surface area contributed by atoms with Crippen LogP contribution in [0.25, 0.3) is 0 Å². The van der Waals surface area contributed by atoms with Crippen molar-refractivity contribution in [2.75, 3.05) is 13.2 Å². The molecule has 0 N–H and O–H groups in total. The van der Waals surface area contributed by atoms with Gasteiger partial charge in [-0.3, -0.25) is 14.4 Å². The molecule has 0 unspecified atom stereocenters. The zero-order valence-electron chi connectivity index (χ0n) is 36.7. The summed E-state index contributed by atoms with van der Waals surface area (Å²) in [6.07, 6.45) is 42.6. The first-order valence-corrected chi connectivity index (χ1v) is 23.9. The highest BCUT2D eigenvalue weighted by Crippen LogP contribution is 2.16. The van der Waals surface area contributed by atoms with Crippen LogP contribution in [0.5, 0.6) is 0 Å². The SMILES string of the molecule is CCCCCCCCCCCCCCCCCCCCCC(=O)OC[C@H](COC(=O)CCCCCCCCC)OC(=O)CCCCCCCCCC(C)C. The molecule has 0 fully saturated rings. The molecule has 0 aliphatic rings. The first kappa shape index (κ1) is 52.4. The normalized spacial score (nSPS) is 11.9. The summed E-state index contributed by atoms with van der Waals surface area (Å²) in [6, 6.07) is 0. The van der Waals surface area contributed by atoms with Crippen LogP contribution in [0.3, 0.4) is 0 Å². The predicted molar refractivity (Wildman–Crippen MR) is 229 cm³/mol. The van der Waals surface area contributed by atoms with Crippen LogP contribution >= 0.6 is 0 Å². The Hall–Kier alpha value is -1.59. The summed E-state index contributed by atoms with van der Waals surface area (Å²) in [5, 5.41) is 0. The zero-order chi connectivity index (χ0) is 39.6. The third-order valence-corrected chi connectivity index (χ3v) is 10.8. The number of rotatable bonds is 43. The van der Waals surface area contributed by atoms with Gasteiger partial charge < -0.3 is 14.2 Å². The highest BCUT2D eigenvalue weighted by molar-refractivity contribution is 5.71. The Kier molecular flexibility index (Phi) is 41.3. The van der Waals surface area contributed by atoms with Crippen molar-refractivity contribution < 1.29 is 28.6 Å². The molecule has 0 aromatic carbocycles. The lowest BCUT2D eigenvalue weighted by molar-refractivity contribution is -0.167. The molecular formula is C48H92O6. The predicted octanol–water partition coefficient (Wildman–Crippen LogP) is 15.1. The molecule has 54 heavy (non-hydrogen) atoms. The Morgan fingerprint density at radius 1 is 0.352 bits per heavy atom. The van der Waals surface area contributed by atoms with E-state index >= 15 is 0 Å². The monoisotopic (exact) mass is 765 g/mol. The fourth-order valence-electron chi connectivity index (χ4n) is 7.16. The van der Waals surface area contributed by atoms with Crippen molar-refractivity contribution >= 4 is 17.9 Å². The molecule has 0 aromatic heterocycles. The number of esters is 3. The molecule has 0 radical (unpaired) electrons. The minimum absolute atomic E-state index is 0.0647. The summed E-state index contributed by atoms with van der Waals surface area (Å²) >= 11 is 0. The topological polar surface area (TPSA) is 78.9 Å². The van der Waals surface area contributed by atoms with E-state index in [1.807, 2.05) is 0 Å². The molecule has 0 saturated carbocycles. The summed E-state index contributed by atoms with van der Waals surface area (Å²) in [7, 11) is 0. The molecule has 6 heteroatoms. The number of carbonyl (C=O) groups is 3. The van der Waals surface area contributed by atoms with Crippen LogP contribution in [0.4, 0.5) is 0 Å². The Balaban J connectivity index is 4.15. The van der Waals surface area contributed by atoms with Crippen LogP contribution in [-0.2, 0) is 28.6 Å². The van der Waals surface area contributed by atoms with E-state index in [4.69, 9.17) is 14.2 Å². The standard InChI is InChI=1S/C48H92O6/c1-5-7-9-11-13-14-15-16-17-18-19-20-21-22-23-24-28-32-36-40-47(50)53-43-45(42-52-46(49)39-35-31-26-12-10-8-6-2)54-48(51)41-37-33-29-25-27-30-34-38-44(3)4/h44-45H,5-43H2,1-4H3/t45-/m0/s1. The average molecular weight is 765 g/mol. The van der Waals surface area contributed by atoms with Gasteiger partial charge in [-0.25, -0.2) is 0 Å². The van der Waals surface area contributed by atoms with Gasteiger partial charge in [-0.1, -0.05) is 227 Å². The molecule has 1 atom stereocenters. The molecule has 0 aliphatic heterocycles. The minimum atomic E-state index is -0.759. The fraction of sp³-hybridized carbons (Fsp3) is 0.938. The molecule has 0 aliphatic carbocycles. The Labute approximate surface area is 336 Å². The van der Waals surface area contributed by atoms with E-state index in [1.54, 1.807) is 0 Å². The first-order valence-electron chi connectivity index (χ1n) is 23.9. The number of hydrogen-bond acceptors (Lipinski definition) is 6. The van der Waals surface area contributed by atoms with Gasteiger partial charge in [0.2, 0.25) is 0 Å². The second-order valence-corrected chi connectivity index (χ2v) is 16.9. The van der Waals surface area contributed by atoms with Crippen LogP contribution < -0.4 is 0 Å². The van der Waals surface area contributed by atoms with Gasteiger partial charge in [-0.05, 0) is 25.2 Å². The van der Waals surface area contributed by atoms with Crippen LogP contribution in [0.1, 0.15) is 265 Å². The van der Waals surface area contributed by atoms with Gasteiger partial charge in [-0.2, -0.15) is 0 Å². The molecule has 0 aromatic rings. The smallest absolute Gasteiger partial charge is 0.306 e. The lowest BCUT2D eigenvalue weighted by atomic mass is 10.0. The minimum Gasteiger partial charge on any atom is -0.462 e. The largest absolute Gasteiger partial charge is 0.462 e. The highest BCUT2D eigenvalue weighted by Gasteiger charge is 2.19. The van der Waals surface area contributed by atoms with Gasteiger partial charge in [0.15, 0.2) is 6.10 Å². The van der Waals surface area contributed by atoms with Gasteiger partial charge in [0.1, 0.15) is 13.2 Å². The summed E-state index contributed by atoms with van der Waals surface area (Å²) < 4.78 is 16.7. The second kappa shape index (κ2) is 42.6. The number of carbonyl (C=O) groups excluding carboxylic acids is 3. The number of hydrogen-bond donors (Lipinski definition) is 0. The van der Waals surface area contributed by atoms with Crippen molar-refractivity contribution in [3.05, 3.63) is 0 Å². The van der Waals surface area contributed by atoms with Gasteiger partial charge >= 0.3 is 17.9 Å². The van der Waals surface area contributed by atoms with Crippen molar-refractivity contribution in [1.29, 1.82) is 0 Å². The van der Waals surface area contributed by atoms with Crippen LogP contribution in [0.2, 0.25) is 0 Å². The van der Waals surface area contributed by atoms with E-state index < -0.39 is 6.10 Å². The van der Waals surface area contributed by atoms with Gasteiger partial charge in [0.05, 0.1) is 0 Å². The van der Waals surface area contributed by atoms with Crippen molar-refractivity contribution in [3.63, 3.8) is 0 Å². The first-order chi connectivity index (χ1) is 26.4. The summed E-state index contributed by atoms with van der Waals surface area (Å²) in [5.74, 6) is -0.0838. The molecular weight excluding hydrogens is 673 g/mol. The Bertz CT molecular complexity index is 811. The summed E-state index contributed by atoms with van der Waals surface area (Å²) in [4.78, 5) is 37.6. The molecule has 0 saturated heterocycles. The van der Waals surface area contributed by atoms with Crippen molar-refractivity contribution in [2.45, 2.75) is 271 Å². The summed E-state index contributed by atoms with van der Waals surface area (Å²) in [6.45, 7) is 8.92. The van der Waals surface area contributed by atoms with E-state index in [9.17, 15) is 14.4 Å². The van der Waals surface area contributed by atoms with Crippen molar-refractivity contribution in [1.82, 2.24) is 0 Å². The van der Waals surface area contributed by atoms with Crippen LogP contribution in [0.15, 0.2) is 0 Å². The molecule has 0 rings (SSSR count). The molecule has 0 bridgehead atoms. The lowest BCUT2D eigenvalue weighted by Crippen LogP contribution is -2.30. The quantitative estimate of drug-likeness (QED) is 0.0349. The fourth-order valence-corrected chi connectivity index (χ4v) is 7.16. The van der Waals surface area contributed by atoms with E-state index in [2.05, 4.69) is 27.7 Å². The van der Waals surface area contributed by atoms with Crippen LogP contribution in [0, 0.1) is 5.92 Å². The Morgan fingerprint density at radius 2 is 0.611 bits per heavy atom. The summed E-state index contributed by atoms with van der Waals surface area (Å²) in [5.41, 5.74) is 0. The highest BCUT2D eigenvalue weighted by atomic mass is 16.6. The third kappa shape index (κ3) is 41.6. The van der Waals surface area contributed by atoms with E-state index in [1.165, 1.54) is 161 Å². The molecule has 0 amide bonds. The van der Waals surface area contributed by atoms with Gasteiger partial charge in [0.25, 0.3) is 0 Å². The van der Waals surface area contributed by atoms with Gasteiger partial charge in [-0.15, -0.1) is 0 Å². The average Bonchev–Trinajstić information content (AvgIpc) is 3.15. The third-order valence-electron chi connectivity index (χ3n) is 10.8.